The minimum Gasteiger partial charge on any atom is -0.481 e. The Bertz CT molecular complexity index is 811. The molecule has 2 heterocycles. The zero-order valence-corrected chi connectivity index (χ0v) is 15.8. The van der Waals surface area contributed by atoms with Crippen molar-refractivity contribution in [2.24, 2.45) is 5.41 Å². The Balaban J connectivity index is 1.85. The summed E-state index contributed by atoms with van der Waals surface area (Å²) in [4.78, 5) is 40.3. The molecule has 136 valence electrons. The van der Waals surface area contributed by atoms with Crippen LogP contribution in [0.25, 0.3) is 4.96 Å². The fourth-order valence-corrected chi connectivity index (χ4v) is 3.89. The summed E-state index contributed by atoms with van der Waals surface area (Å²) in [7, 11) is 0. The first kappa shape index (κ1) is 19.5. The number of thioether (sulfide) groups is 1. The highest BCUT2D eigenvalue weighted by Gasteiger charge is 2.35. The molecule has 0 atom stereocenters. The number of nitrogens with one attached hydrogen (secondary N) is 1. The maximum atomic E-state index is 12.0. The van der Waals surface area contributed by atoms with Crippen LogP contribution in [0.1, 0.15) is 32.4 Å². The first-order chi connectivity index (χ1) is 11.9. The summed E-state index contributed by atoms with van der Waals surface area (Å²) in [6.07, 6.45) is 2.60. The first-order valence-electron chi connectivity index (χ1n) is 7.95. The third-order valence-electron chi connectivity index (χ3n) is 4.27. The van der Waals surface area contributed by atoms with Gasteiger partial charge in [0.15, 0.2) is 4.96 Å². The second kappa shape index (κ2) is 8.48. The highest BCUT2D eigenvalue weighted by molar-refractivity contribution is 7.99. The molecule has 0 aliphatic heterocycles. The highest BCUT2D eigenvalue weighted by Crippen LogP contribution is 2.25. The summed E-state index contributed by atoms with van der Waals surface area (Å²) in [6.45, 7) is 3.74. The van der Waals surface area contributed by atoms with E-state index in [-0.39, 0.29) is 23.8 Å². The summed E-state index contributed by atoms with van der Waals surface area (Å²) in [5.41, 5.74) is -0.420. The van der Waals surface area contributed by atoms with Crippen LogP contribution >= 0.6 is 23.1 Å². The molecule has 0 spiro atoms. The number of aromatic nitrogens is 2. The number of thiazole rings is 1. The van der Waals surface area contributed by atoms with Crippen molar-refractivity contribution in [1.82, 2.24) is 14.7 Å². The average molecular weight is 383 g/mol. The molecule has 0 bridgehead atoms. The molecule has 2 aromatic heterocycles. The van der Waals surface area contributed by atoms with Crippen LogP contribution in [-0.2, 0) is 15.3 Å². The predicted octanol–water partition coefficient (Wildman–Crippen LogP) is 2.00. The van der Waals surface area contributed by atoms with Gasteiger partial charge in [0, 0.05) is 29.9 Å². The molecule has 2 rings (SSSR count). The number of amides is 1. The highest BCUT2D eigenvalue weighted by atomic mass is 32.2. The Morgan fingerprint density at radius 3 is 2.76 bits per heavy atom. The Labute approximate surface area is 153 Å². The van der Waals surface area contributed by atoms with E-state index in [1.54, 1.807) is 11.6 Å². The molecule has 25 heavy (non-hydrogen) atoms. The van der Waals surface area contributed by atoms with Gasteiger partial charge < -0.3 is 10.4 Å². The van der Waals surface area contributed by atoms with Crippen molar-refractivity contribution in [3.63, 3.8) is 0 Å². The molecule has 2 aromatic rings. The van der Waals surface area contributed by atoms with Gasteiger partial charge in [0.2, 0.25) is 5.91 Å². The lowest BCUT2D eigenvalue weighted by Gasteiger charge is -2.26. The monoisotopic (exact) mass is 383 g/mol. The molecule has 1 amide bonds. The maximum Gasteiger partial charge on any atom is 0.311 e. The number of aliphatic carboxylic acids is 1. The third-order valence-corrected chi connectivity index (χ3v) is 5.99. The fraction of sp³-hybridized carbons (Fsp3) is 0.500. The lowest BCUT2D eigenvalue weighted by Crippen LogP contribution is -2.42. The molecule has 0 saturated carbocycles. The summed E-state index contributed by atoms with van der Waals surface area (Å²) in [6, 6.07) is 1.47. The molecule has 0 saturated heterocycles. The van der Waals surface area contributed by atoms with Crippen LogP contribution in [0.4, 0.5) is 0 Å². The average Bonchev–Trinajstić information content (AvgIpc) is 3.05. The number of nitrogens with zero attached hydrogens (tertiary/aromatic N) is 2. The van der Waals surface area contributed by atoms with Gasteiger partial charge in [-0.25, -0.2) is 4.98 Å². The normalized spacial score (nSPS) is 11.6. The van der Waals surface area contributed by atoms with Crippen LogP contribution in [0.3, 0.4) is 0 Å². The van der Waals surface area contributed by atoms with Gasteiger partial charge in [0.1, 0.15) is 0 Å². The number of fused-ring (bicyclic) bond motifs is 1. The number of carboxylic acids is 1. The van der Waals surface area contributed by atoms with Gasteiger partial charge in [0.05, 0.1) is 16.9 Å². The second-order valence-corrected chi connectivity index (χ2v) is 7.56. The van der Waals surface area contributed by atoms with Crippen molar-refractivity contribution in [3.05, 3.63) is 33.7 Å². The smallest absolute Gasteiger partial charge is 0.311 e. The van der Waals surface area contributed by atoms with Crippen LogP contribution in [0, 0.1) is 5.41 Å². The first-order valence-corrected chi connectivity index (χ1v) is 9.99. The zero-order chi connectivity index (χ0) is 18.4. The topological polar surface area (TPSA) is 101 Å². The minimum absolute atomic E-state index is 0.121. The molecule has 2 N–H and O–H groups in total. The molecule has 0 aliphatic carbocycles. The Kier molecular flexibility index (Phi) is 6.60. The van der Waals surface area contributed by atoms with Gasteiger partial charge in [-0.3, -0.25) is 18.8 Å². The van der Waals surface area contributed by atoms with E-state index in [0.717, 1.165) is 0 Å². The lowest BCUT2D eigenvalue weighted by atomic mass is 9.82. The van der Waals surface area contributed by atoms with E-state index in [0.29, 0.717) is 29.2 Å². The number of carbonyl (C=O) groups excluding carboxylic acids is 1. The van der Waals surface area contributed by atoms with Crippen molar-refractivity contribution in [2.45, 2.75) is 32.4 Å². The summed E-state index contributed by atoms with van der Waals surface area (Å²) in [5.74, 6) is -0.469. The van der Waals surface area contributed by atoms with E-state index >= 15 is 0 Å². The van der Waals surface area contributed by atoms with E-state index in [1.807, 2.05) is 13.8 Å². The molecular weight excluding hydrogens is 362 g/mol. The quantitative estimate of drug-likeness (QED) is 0.687. The number of carbonyl (C=O) groups is 2. The van der Waals surface area contributed by atoms with Crippen molar-refractivity contribution < 1.29 is 14.7 Å². The number of hydrogen-bond acceptors (Lipinski definition) is 6. The Morgan fingerprint density at radius 1 is 1.40 bits per heavy atom. The van der Waals surface area contributed by atoms with Crippen LogP contribution in [0.15, 0.2) is 22.4 Å². The van der Waals surface area contributed by atoms with Crippen LogP contribution < -0.4 is 10.9 Å². The Morgan fingerprint density at radius 2 is 2.12 bits per heavy atom. The van der Waals surface area contributed by atoms with Gasteiger partial charge in [-0.2, -0.15) is 0 Å². The molecule has 9 heteroatoms. The summed E-state index contributed by atoms with van der Waals surface area (Å²) in [5, 5.41) is 13.9. The number of hydrogen-bond donors (Lipinski definition) is 2. The predicted molar refractivity (Wildman–Crippen MR) is 99.2 cm³/mol. The van der Waals surface area contributed by atoms with Gasteiger partial charge in [-0.15, -0.1) is 23.1 Å². The lowest BCUT2D eigenvalue weighted by molar-refractivity contribution is -0.149. The van der Waals surface area contributed by atoms with E-state index < -0.39 is 11.4 Å². The van der Waals surface area contributed by atoms with Gasteiger partial charge in [-0.05, 0) is 12.8 Å². The molecule has 0 aliphatic rings. The molecule has 0 radical (unpaired) electrons. The van der Waals surface area contributed by atoms with Crippen molar-refractivity contribution in [1.29, 1.82) is 0 Å². The SMILES string of the molecule is CCC(CC)(CNC(=O)CSCc1cc(=O)n2ccsc2n1)C(=O)O. The molecular formula is C16H21N3O4S2. The molecule has 0 unspecified atom stereocenters. The van der Waals surface area contributed by atoms with Gasteiger partial charge in [-0.1, -0.05) is 13.8 Å². The van der Waals surface area contributed by atoms with E-state index in [2.05, 4.69) is 10.3 Å². The second-order valence-electron chi connectivity index (χ2n) is 5.70. The summed E-state index contributed by atoms with van der Waals surface area (Å²) >= 11 is 2.72. The standard InChI is InChI=1S/C16H21N3O4S2/c1-3-16(4-2,14(22)23)10-17-12(20)9-24-8-11-7-13(21)19-5-6-25-15(19)18-11/h5-7H,3-4,8-10H2,1-2H3,(H,17,20)(H,22,23). The van der Waals surface area contributed by atoms with E-state index in [9.17, 15) is 19.5 Å². The fourth-order valence-electron chi connectivity index (χ4n) is 2.41. The zero-order valence-electron chi connectivity index (χ0n) is 14.2. The van der Waals surface area contributed by atoms with Crippen LogP contribution in [0.2, 0.25) is 0 Å². The summed E-state index contributed by atoms with van der Waals surface area (Å²) < 4.78 is 1.48. The van der Waals surface area contributed by atoms with Gasteiger partial charge in [0.25, 0.3) is 5.56 Å². The van der Waals surface area contributed by atoms with Gasteiger partial charge >= 0.3 is 5.97 Å². The molecule has 0 fully saturated rings. The third kappa shape index (κ3) is 4.60. The van der Waals surface area contributed by atoms with Crippen molar-refractivity contribution in [2.75, 3.05) is 12.3 Å². The molecule has 0 aromatic carbocycles. The van der Waals surface area contributed by atoms with Crippen molar-refractivity contribution in [3.8, 4) is 0 Å². The molecule has 7 nitrogen and oxygen atoms in total. The minimum atomic E-state index is -0.916. The van der Waals surface area contributed by atoms with E-state index in [1.165, 1.54) is 33.6 Å². The number of rotatable bonds is 9. The van der Waals surface area contributed by atoms with Crippen molar-refractivity contribution >= 4 is 39.9 Å². The van der Waals surface area contributed by atoms with E-state index in [4.69, 9.17) is 0 Å². The van der Waals surface area contributed by atoms with Crippen LogP contribution in [0.5, 0.6) is 0 Å². The van der Waals surface area contributed by atoms with Crippen LogP contribution in [-0.4, -0.2) is 38.7 Å². The number of carboxylic acid groups (broad SMARTS) is 1. The largest absolute Gasteiger partial charge is 0.481 e. The maximum absolute atomic E-state index is 12.0. The Hall–Kier alpha value is -1.87.